The summed E-state index contributed by atoms with van der Waals surface area (Å²) in [4.78, 5) is 25.8. The second-order valence-corrected chi connectivity index (χ2v) is 9.40. The summed E-state index contributed by atoms with van der Waals surface area (Å²) in [5.74, 6) is 0.728. The van der Waals surface area contributed by atoms with Gasteiger partial charge in [-0.2, -0.15) is 0 Å². The number of carbonyl (C=O) groups excluding carboxylic acids is 2. The maximum Gasteiger partial charge on any atom is 0.317 e. The van der Waals surface area contributed by atoms with Gasteiger partial charge in [0, 0.05) is 12.3 Å². The molecule has 0 aliphatic carbocycles. The van der Waals surface area contributed by atoms with Crippen LogP contribution in [0.2, 0.25) is 0 Å². The van der Waals surface area contributed by atoms with Gasteiger partial charge in [0.15, 0.2) is 0 Å². The van der Waals surface area contributed by atoms with E-state index in [1.165, 1.54) is 30.0 Å². The Balaban J connectivity index is 0.000000192. The lowest BCUT2D eigenvalue weighted by Crippen LogP contribution is -2.72. The van der Waals surface area contributed by atoms with Crippen LogP contribution in [0.5, 0.6) is 5.75 Å². The number of benzene rings is 3. The molecule has 0 radical (unpaired) electrons. The molecule has 0 aromatic heterocycles. The number of methoxy groups -OCH3 is 1. The largest absolute Gasteiger partial charge is 0.492 e. The van der Waals surface area contributed by atoms with Crippen LogP contribution in [0.1, 0.15) is 0 Å². The quantitative estimate of drug-likeness (QED) is 0.445. The number of hydrogen-bond donors (Lipinski definition) is 1. The van der Waals surface area contributed by atoms with E-state index in [1.807, 2.05) is 42.5 Å². The van der Waals surface area contributed by atoms with Crippen molar-refractivity contribution < 1.29 is 19.1 Å². The summed E-state index contributed by atoms with van der Waals surface area (Å²) in [6, 6.07) is 29.6. The van der Waals surface area contributed by atoms with E-state index in [9.17, 15) is 9.59 Å². The van der Waals surface area contributed by atoms with E-state index < -0.39 is 11.5 Å². The minimum absolute atomic E-state index is 0.0398. The number of nitrogens with two attached hydrogens (primary N) is 1. The van der Waals surface area contributed by atoms with E-state index in [2.05, 4.69) is 48.5 Å². The van der Waals surface area contributed by atoms with Crippen molar-refractivity contribution in [1.29, 1.82) is 0 Å². The van der Waals surface area contributed by atoms with Crippen LogP contribution in [0.4, 0.5) is 0 Å². The molecule has 2 aliphatic rings. The average Bonchev–Trinajstić information content (AvgIpc) is 2.92. The summed E-state index contributed by atoms with van der Waals surface area (Å²) in [6.45, 7) is 0.457. The van der Waals surface area contributed by atoms with Crippen molar-refractivity contribution in [1.82, 2.24) is 4.90 Å². The van der Waals surface area contributed by atoms with E-state index in [0.717, 1.165) is 0 Å². The fourth-order valence-electron chi connectivity index (χ4n) is 4.01. The highest BCUT2D eigenvalue weighted by atomic mass is 32.2. The Hall–Kier alpha value is -3.29. The Labute approximate surface area is 204 Å². The van der Waals surface area contributed by atoms with Crippen LogP contribution in [0.3, 0.4) is 0 Å². The van der Waals surface area contributed by atoms with Gasteiger partial charge in [-0.15, -0.1) is 11.8 Å². The highest BCUT2D eigenvalue weighted by molar-refractivity contribution is 8.00. The van der Waals surface area contributed by atoms with Gasteiger partial charge in [0.1, 0.15) is 29.2 Å². The molecule has 2 heterocycles. The summed E-state index contributed by atoms with van der Waals surface area (Å²) in [7, 11) is 1.35. The molecule has 1 amide bonds. The first-order valence-corrected chi connectivity index (χ1v) is 12.1. The summed E-state index contributed by atoms with van der Waals surface area (Å²) >= 11 is 1.51. The van der Waals surface area contributed by atoms with E-state index in [4.69, 9.17) is 15.2 Å². The van der Waals surface area contributed by atoms with Gasteiger partial charge in [0.25, 0.3) is 0 Å². The lowest BCUT2D eigenvalue weighted by molar-refractivity contribution is -0.161. The summed E-state index contributed by atoms with van der Waals surface area (Å²) in [5.41, 5.74) is 7.47. The van der Waals surface area contributed by atoms with Gasteiger partial charge in [0.05, 0.1) is 7.11 Å². The number of carbonyl (C=O) groups is 2. The number of thioether (sulfide) groups is 1. The molecule has 2 saturated heterocycles. The highest BCUT2D eigenvalue weighted by Crippen LogP contribution is 2.42. The van der Waals surface area contributed by atoms with Crippen molar-refractivity contribution in [2.75, 3.05) is 26.0 Å². The van der Waals surface area contributed by atoms with Crippen LogP contribution >= 0.6 is 11.8 Å². The predicted molar refractivity (Wildman–Crippen MR) is 134 cm³/mol. The lowest BCUT2D eigenvalue weighted by atomic mass is 9.88. The third-order valence-corrected chi connectivity index (χ3v) is 7.55. The van der Waals surface area contributed by atoms with Gasteiger partial charge in [0.2, 0.25) is 5.91 Å². The number of fused-ring (bicyclic) bond motifs is 1. The zero-order valence-corrected chi connectivity index (χ0v) is 19.8. The third-order valence-electron chi connectivity index (χ3n) is 5.94. The van der Waals surface area contributed by atoms with Gasteiger partial charge in [-0.1, -0.05) is 78.9 Å². The molecule has 2 N–H and O–H groups in total. The van der Waals surface area contributed by atoms with Crippen LogP contribution in [0.25, 0.3) is 11.1 Å². The van der Waals surface area contributed by atoms with Crippen molar-refractivity contribution in [3.63, 3.8) is 0 Å². The summed E-state index contributed by atoms with van der Waals surface area (Å²) < 4.78 is 10.7. The molecule has 176 valence electrons. The smallest absolute Gasteiger partial charge is 0.317 e. The zero-order chi connectivity index (χ0) is 24.0. The van der Waals surface area contributed by atoms with Crippen LogP contribution in [0.15, 0.2) is 91.0 Å². The van der Waals surface area contributed by atoms with Crippen molar-refractivity contribution in [2.45, 2.75) is 11.4 Å². The van der Waals surface area contributed by atoms with Crippen molar-refractivity contribution in [3.05, 3.63) is 91.0 Å². The number of rotatable bonds is 5. The molecule has 0 saturated carbocycles. The number of ether oxygens (including phenoxy) is 2. The van der Waals surface area contributed by atoms with E-state index in [-0.39, 0.29) is 30.4 Å². The summed E-state index contributed by atoms with van der Waals surface area (Å²) in [5, 5.41) is -0.0398. The Morgan fingerprint density at radius 3 is 2.03 bits per heavy atom. The van der Waals surface area contributed by atoms with Gasteiger partial charge < -0.3 is 20.1 Å². The number of amides is 1. The molecule has 0 bridgehead atoms. The number of esters is 1. The van der Waals surface area contributed by atoms with E-state index >= 15 is 0 Å². The molecular formula is C27H28N2O4S. The molecule has 2 fully saturated rings. The topological polar surface area (TPSA) is 81.9 Å². The Bertz CT molecular complexity index is 1060. The van der Waals surface area contributed by atoms with Crippen molar-refractivity contribution in [3.8, 4) is 16.9 Å². The van der Waals surface area contributed by atoms with E-state index in [1.54, 1.807) is 4.90 Å². The Kier molecular flexibility index (Phi) is 7.55. The molecule has 7 heteroatoms. The van der Waals surface area contributed by atoms with Gasteiger partial charge in [-0.05, 0) is 23.3 Å². The third kappa shape index (κ3) is 5.11. The Morgan fingerprint density at radius 2 is 1.50 bits per heavy atom. The minimum Gasteiger partial charge on any atom is -0.492 e. The molecule has 2 unspecified atom stereocenters. The first-order chi connectivity index (χ1) is 16.5. The molecule has 3 atom stereocenters. The summed E-state index contributed by atoms with van der Waals surface area (Å²) in [6.07, 6.45) is 0. The molecule has 3 aromatic rings. The van der Waals surface area contributed by atoms with E-state index in [0.29, 0.717) is 11.5 Å². The molecule has 5 rings (SSSR count). The van der Waals surface area contributed by atoms with Crippen LogP contribution < -0.4 is 10.5 Å². The highest BCUT2D eigenvalue weighted by Gasteiger charge is 2.56. The standard InChI is InChI=1S/C15H18N2O4S.C12H10/c1-20-14(19)15(8-21-10-5-3-2-4-6-10)7-17-12(18)11(16)13(17)22-9-15;1-3-7-11(8-4-1)12-9-5-2-6-10-12/h2-6,11,13H,7-9,16H2,1H3;1-10H/t11?,13-,15?;/m1./s1. The first-order valence-electron chi connectivity index (χ1n) is 11.1. The monoisotopic (exact) mass is 476 g/mol. The van der Waals surface area contributed by atoms with Gasteiger partial charge in [-0.3, -0.25) is 9.59 Å². The molecular weight excluding hydrogens is 448 g/mol. The van der Waals surface area contributed by atoms with Crippen LogP contribution in [0, 0.1) is 5.41 Å². The fourth-order valence-corrected chi connectivity index (χ4v) is 5.48. The zero-order valence-electron chi connectivity index (χ0n) is 19.0. The first kappa shape index (κ1) is 23.9. The normalized spacial score (nSPS) is 23.0. The average molecular weight is 477 g/mol. The second-order valence-electron chi connectivity index (χ2n) is 8.30. The minimum atomic E-state index is -0.860. The van der Waals surface area contributed by atoms with Crippen LogP contribution in [-0.4, -0.2) is 54.2 Å². The number of β-lactam (4-membered cyclic amide) rings is 1. The number of nitrogens with zero attached hydrogens (tertiary/aromatic N) is 1. The van der Waals surface area contributed by atoms with Crippen molar-refractivity contribution >= 4 is 23.6 Å². The fraction of sp³-hybridized carbons (Fsp3) is 0.259. The molecule has 34 heavy (non-hydrogen) atoms. The second kappa shape index (κ2) is 10.8. The number of para-hydroxylation sites is 1. The maximum absolute atomic E-state index is 12.3. The van der Waals surface area contributed by atoms with Gasteiger partial charge >= 0.3 is 5.97 Å². The molecule has 0 spiro atoms. The molecule has 6 nitrogen and oxygen atoms in total. The Morgan fingerprint density at radius 1 is 0.971 bits per heavy atom. The SMILES string of the molecule is COC(=O)C1(COc2ccccc2)CS[C@@H]2C(N)C(=O)N2C1.c1ccc(-c2ccccc2)cc1. The predicted octanol–water partition coefficient (Wildman–Crippen LogP) is 3.82. The number of hydrogen-bond acceptors (Lipinski definition) is 6. The van der Waals surface area contributed by atoms with Gasteiger partial charge in [-0.25, -0.2) is 0 Å². The lowest BCUT2D eigenvalue weighted by Gasteiger charge is -2.52. The maximum atomic E-state index is 12.3. The van der Waals surface area contributed by atoms with Crippen LogP contribution in [-0.2, 0) is 14.3 Å². The molecule has 2 aliphatic heterocycles. The van der Waals surface area contributed by atoms with Crippen molar-refractivity contribution in [2.24, 2.45) is 11.1 Å². The molecule has 3 aromatic carbocycles.